The molecule has 1 saturated heterocycles. The molecule has 0 aromatic heterocycles. The van der Waals surface area contributed by atoms with Crippen LogP contribution in [-0.4, -0.2) is 43.0 Å². The van der Waals surface area contributed by atoms with Gasteiger partial charge < -0.3 is 16.0 Å². The van der Waals surface area contributed by atoms with Gasteiger partial charge in [0, 0.05) is 24.5 Å². The topological polar surface area (TPSA) is 58.4 Å². The van der Waals surface area contributed by atoms with Crippen LogP contribution in [0.2, 0.25) is 0 Å². The summed E-state index contributed by atoms with van der Waals surface area (Å²) in [6.45, 7) is 6.34. The van der Waals surface area contributed by atoms with Crippen LogP contribution >= 0.6 is 0 Å². The van der Waals surface area contributed by atoms with Gasteiger partial charge in [0.1, 0.15) is 0 Å². The van der Waals surface area contributed by atoms with Gasteiger partial charge in [-0.05, 0) is 51.1 Å². The largest absolute Gasteiger partial charge is 0.354 e. The van der Waals surface area contributed by atoms with Crippen molar-refractivity contribution in [3.05, 3.63) is 0 Å². The fourth-order valence-electron chi connectivity index (χ4n) is 3.64. The van der Waals surface area contributed by atoms with E-state index >= 15 is 0 Å². The van der Waals surface area contributed by atoms with Crippen LogP contribution < -0.4 is 11.1 Å². The third-order valence-electron chi connectivity index (χ3n) is 5.21. The second-order valence-corrected chi connectivity index (χ2v) is 6.72. The number of hydrogen-bond acceptors (Lipinski definition) is 3. The highest BCUT2D eigenvalue weighted by Crippen LogP contribution is 2.32. The zero-order chi connectivity index (χ0) is 14.0. The summed E-state index contributed by atoms with van der Waals surface area (Å²) in [5.41, 5.74) is 6.12. The van der Waals surface area contributed by atoms with Crippen molar-refractivity contribution in [2.45, 2.75) is 51.6 Å². The summed E-state index contributed by atoms with van der Waals surface area (Å²) in [5.74, 6) is 1.32. The van der Waals surface area contributed by atoms with Gasteiger partial charge in [-0.2, -0.15) is 0 Å². The highest BCUT2D eigenvalue weighted by molar-refractivity contribution is 5.79. The smallest absolute Gasteiger partial charge is 0.223 e. The van der Waals surface area contributed by atoms with Crippen LogP contribution in [0.25, 0.3) is 0 Å². The number of hydrogen-bond donors (Lipinski definition) is 2. The molecule has 4 nitrogen and oxygen atoms in total. The Morgan fingerprint density at radius 1 is 1.32 bits per heavy atom. The molecule has 2 fully saturated rings. The molecule has 4 heteroatoms. The summed E-state index contributed by atoms with van der Waals surface area (Å²) in [7, 11) is 2.14. The molecular weight excluding hydrogens is 238 g/mol. The van der Waals surface area contributed by atoms with Crippen LogP contribution in [-0.2, 0) is 4.79 Å². The number of nitrogens with zero attached hydrogens (tertiary/aromatic N) is 1. The van der Waals surface area contributed by atoms with Crippen LogP contribution in [0, 0.1) is 17.8 Å². The van der Waals surface area contributed by atoms with Gasteiger partial charge in [0.2, 0.25) is 5.91 Å². The molecule has 2 rings (SSSR count). The Morgan fingerprint density at radius 2 is 2.05 bits per heavy atom. The fraction of sp³-hybridized carbons (Fsp3) is 0.933. The van der Waals surface area contributed by atoms with E-state index in [4.69, 9.17) is 5.73 Å². The molecule has 0 radical (unpaired) electrons. The molecule has 1 aliphatic carbocycles. The van der Waals surface area contributed by atoms with Crippen molar-refractivity contribution >= 4 is 5.91 Å². The first-order valence-corrected chi connectivity index (χ1v) is 7.72. The Hall–Kier alpha value is -0.610. The molecule has 5 unspecified atom stereocenters. The number of carbonyl (C=O) groups excluding carboxylic acids is 1. The maximum absolute atomic E-state index is 12.3. The minimum Gasteiger partial charge on any atom is -0.354 e. The van der Waals surface area contributed by atoms with Crippen molar-refractivity contribution in [1.82, 2.24) is 10.2 Å². The monoisotopic (exact) mass is 267 g/mol. The first-order chi connectivity index (χ1) is 8.99. The highest BCUT2D eigenvalue weighted by Gasteiger charge is 2.35. The fourth-order valence-corrected chi connectivity index (χ4v) is 3.64. The van der Waals surface area contributed by atoms with E-state index in [-0.39, 0.29) is 17.9 Å². The number of likely N-dealkylation sites (tertiary alicyclic amines) is 1. The summed E-state index contributed by atoms with van der Waals surface area (Å²) < 4.78 is 0. The van der Waals surface area contributed by atoms with Crippen molar-refractivity contribution in [3.63, 3.8) is 0 Å². The highest BCUT2D eigenvalue weighted by atomic mass is 16.1. The molecular formula is C15H29N3O. The lowest BCUT2D eigenvalue weighted by atomic mass is 9.72. The van der Waals surface area contributed by atoms with Crippen molar-refractivity contribution < 1.29 is 4.79 Å². The quantitative estimate of drug-likeness (QED) is 0.808. The van der Waals surface area contributed by atoms with E-state index in [1.165, 1.54) is 12.8 Å². The zero-order valence-electron chi connectivity index (χ0n) is 12.6. The van der Waals surface area contributed by atoms with E-state index in [9.17, 15) is 4.79 Å². The minimum atomic E-state index is 0.109. The van der Waals surface area contributed by atoms with E-state index < -0.39 is 0 Å². The summed E-state index contributed by atoms with van der Waals surface area (Å²) in [4.78, 5) is 14.7. The second kappa shape index (κ2) is 6.23. The lowest BCUT2D eigenvalue weighted by molar-refractivity contribution is -0.128. The third kappa shape index (κ3) is 3.48. The Morgan fingerprint density at radius 3 is 2.68 bits per heavy atom. The molecule has 1 aliphatic heterocycles. The molecule has 110 valence electrons. The average molecular weight is 267 g/mol. The SMILES string of the molecule is CC1CC(C)C(C(=O)NCC2CCCN2C)CC1N. The Bertz CT molecular complexity index is 321. The Labute approximate surface area is 117 Å². The number of nitrogens with one attached hydrogen (secondary N) is 1. The predicted molar refractivity (Wildman–Crippen MR) is 77.7 cm³/mol. The predicted octanol–water partition coefficient (Wildman–Crippen LogP) is 1.21. The first-order valence-electron chi connectivity index (χ1n) is 7.72. The van der Waals surface area contributed by atoms with Crippen molar-refractivity contribution in [2.75, 3.05) is 20.1 Å². The van der Waals surface area contributed by atoms with Gasteiger partial charge in [-0.1, -0.05) is 13.8 Å². The van der Waals surface area contributed by atoms with E-state index in [1.807, 2.05) is 0 Å². The van der Waals surface area contributed by atoms with Crippen LogP contribution in [0.1, 0.15) is 39.5 Å². The van der Waals surface area contributed by atoms with Gasteiger partial charge in [0.15, 0.2) is 0 Å². The number of amides is 1. The van der Waals surface area contributed by atoms with Crippen LogP contribution in [0.5, 0.6) is 0 Å². The minimum absolute atomic E-state index is 0.109. The number of rotatable bonds is 3. The molecule has 3 N–H and O–H groups in total. The second-order valence-electron chi connectivity index (χ2n) is 6.72. The van der Waals surface area contributed by atoms with Crippen LogP contribution in [0.4, 0.5) is 0 Å². The van der Waals surface area contributed by atoms with E-state index in [0.29, 0.717) is 17.9 Å². The number of likely N-dealkylation sites (N-methyl/N-ethyl adjacent to an activating group) is 1. The molecule has 5 atom stereocenters. The maximum Gasteiger partial charge on any atom is 0.223 e. The molecule has 1 amide bonds. The molecule has 0 bridgehead atoms. The zero-order valence-corrected chi connectivity index (χ0v) is 12.6. The molecule has 0 aromatic rings. The molecule has 1 heterocycles. The summed E-state index contributed by atoms with van der Waals surface area (Å²) >= 11 is 0. The first kappa shape index (κ1) is 14.8. The van der Waals surface area contributed by atoms with Gasteiger partial charge in [-0.3, -0.25) is 4.79 Å². The van der Waals surface area contributed by atoms with Gasteiger partial charge >= 0.3 is 0 Å². The summed E-state index contributed by atoms with van der Waals surface area (Å²) in [6.07, 6.45) is 4.37. The van der Waals surface area contributed by atoms with Gasteiger partial charge in [-0.25, -0.2) is 0 Å². The molecule has 2 aliphatic rings. The molecule has 19 heavy (non-hydrogen) atoms. The number of carbonyl (C=O) groups is 1. The molecule has 0 spiro atoms. The number of nitrogens with two attached hydrogens (primary N) is 1. The van der Waals surface area contributed by atoms with E-state index in [2.05, 4.69) is 31.1 Å². The lowest BCUT2D eigenvalue weighted by Crippen LogP contribution is -2.47. The van der Waals surface area contributed by atoms with Gasteiger partial charge in [0.05, 0.1) is 0 Å². The van der Waals surface area contributed by atoms with Crippen molar-refractivity contribution in [1.29, 1.82) is 0 Å². The van der Waals surface area contributed by atoms with Crippen LogP contribution in [0.3, 0.4) is 0 Å². The molecule has 1 saturated carbocycles. The average Bonchev–Trinajstić information content (AvgIpc) is 2.76. The van der Waals surface area contributed by atoms with Crippen molar-refractivity contribution in [3.8, 4) is 0 Å². The van der Waals surface area contributed by atoms with E-state index in [0.717, 1.165) is 25.9 Å². The normalized spacial score (nSPS) is 40.3. The standard InChI is InChI=1S/C15H29N3O/c1-10-7-11(2)14(16)8-13(10)15(19)17-9-12-5-4-6-18(12)3/h10-14H,4-9,16H2,1-3H3,(H,17,19). The Balaban J connectivity index is 1.82. The summed E-state index contributed by atoms with van der Waals surface area (Å²) in [5, 5.41) is 3.15. The van der Waals surface area contributed by atoms with Crippen LogP contribution in [0.15, 0.2) is 0 Å². The Kier molecular flexibility index (Phi) is 4.85. The summed E-state index contributed by atoms with van der Waals surface area (Å²) in [6, 6.07) is 0.705. The third-order valence-corrected chi connectivity index (χ3v) is 5.21. The molecule has 0 aromatic carbocycles. The van der Waals surface area contributed by atoms with Gasteiger partial charge in [-0.15, -0.1) is 0 Å². The maximum atomic E-state index is 12.3. The lowest BCUT2D eigenvalue weighted by Gasteiger charge is -2.36. The van der Waals surface area contributed by atoms with E-state index in [1.54, 1.807) is 0 Å². The van der Waals surface area contributed by atoms with Gasteiger partial charge in [0.25, 0.3) is 0 Å². The van der Waals surface area contributed by atoms with Crippen molar-refractivity contribution in [2.24, 2.45) is 23.5 Å².